The quantitative estimate of drug-likeness (QED) is 0.432. The first-order valence-electron chi connectivity index (χ1n) is 11.6. The summed E-state index contributed by atoms with van der Waals surface area (Å²) in [6.45, 7) is 13.5. The lowest BCUT2D eigenvalue weighted by molar-refractivity contribution is -0.235. The van der Waals surface area contributed by atoms with E-state index in [1.54, 1.807) is 14.0 Å². The van der Waals surface area contributed by atoms with E-state index in [9.17, 15) is 9.90 Å². The molecule has 0 aromatic rings. The molecule has 6 atom stereocenters. The minimum Gasteiger partial charge on any atom is -0.392 e. The van der Waals surface area contributed by atoms with Gasteiger partial charge in [-0.3, -0.25) is 4.79 Å². The minimum absolute atomic E-state index is 0.0559. The molecular weight excluding hydrogens is 404 g/mol. The number of aliphatic hydroxyl groups excluding tert-OH is 1. The molecule has 0 aromatic heterocycles. The van der Waals surface area contributed by atoms with Crippen LogP contribution in [0, 0.1) is 23.7 Å². The van der Waals surface area contributed by atoms with Crippen molar-refractivity contribution in [3.8, 4) is 0 Å². The second-order valence-electron chi connectivity index (χ2n) is 8.81. The average molecular weight is 447 g/mol. The molecule has 2 fully saturated rings. The van der Waals surface area contributed by atoms with Crippen LogP contribution in [-0.4, -0.2) is 75.0 Å². The molecule has 8 nitrogen and oxygen atoms in total. The minimum atomic E-state index is -0.912. The summed E-state index contributed by atoms with van der Waals surface area (Å²) in [6, 6.07) is 0. The van der Waals surface area contributed by atoms with E-state index in [1.165, 1.54) is 0 Å². The van der Waals surface area contributed by atoms with Crippen LogP contribution in [-0.2, 0) is 33.2 Å². The Labute approximate surface area is 186 Å². The van der Waals surface area contributed by atoms with Crippen LogP contribution in [0.1, 0.15) is 54.4 Å². The van der Waals surface area contributed by atoms with Crippen molar-refractivity contribution in [3.63, 3.8) is 0 Å². The molecule has 2 rings (SSSR count). The van der Waals surface area contributed by atoms with Crippen LogP contribution in [0.4, 0.5) is 0 Å². The predicted octanol–water partition coefficient (Wildman–Crippen LogP) is 2.76. The largest absolute Gasteiger partial charge is 0.392 e. The molecule has 0 aromatic carbocycles. The first kappa shape index (κ1) is 26.6. The second kappa shape index (κ2) is 11.5. The van der Waals surface area contributed by atoms with Crippen LogP contribution in [0.3, 0.4) is 0 Å². The van der Waals surface area contributed by atoms with Gasteiger partial charge in [0.05, 0.1) is 38.6 Å². The van der Waals surface area contributed by atoms with Crippen LogP contribution in [0.2, 0.25) is 0 Å². The standard InChI is InChI=1S/C23H42O8/c1-8-22(28-10-11-29-22)17(5)20(25)15(3)19(24)16(4)21(27-14-26-7)18(6)23(9-2)30-12-13-31-23/h15-18,20-21,25H,8-14H2,1-7H3/t15-,16-,17+,18-,20-,21+/m0/s1. The van der Waals surface area contributed by atoms with Crippen molar-refractivity contribution in [2.24, 2.45) is 23.7 Å². The first-order valence-corrected chi connectivity index (χ1v) is 11.6. The van der Waals surface area contributed by atoms with Crippen LogP contribution < -0.4 is 0 Å². The molecule has 0 amide bonds. The zero-order valence-corrected chi connectivity index (χ0v) is 20.2. The highest BCUT2D eigenvalue weighted by Gasteiger charge is 2.50. The number of rotatable bonds is 13. The fourth-order valence-corrected chi connectivity index (χ4v) is 5.08. The van der Waals surface area contributed by atoms with E-state index in [2.05, 4.69) is 0 Å². The molecular formula is C23H42O8. The van der Waals surface area contributed by atoms with Gasteiger partial charge in [-0.1, -0.05) is 41.5 Å². The topological polar surface area (TPSA) is 92.7 Å². The van der Waals surface area contributed by atoms with Gasteiger partial charge in [0.25, 0.3) is 0 Å². The summed E-state index contributed by atoms with van der Waals surface area (Å²) < 4.78 is 34.7. The Hall–Kier alpha value is -0.610. The number of hydrogen-bond donors (Lipinski definition) is 1. The van der Waals surface area contributed by atoms with E-state index < -0.39 is 35.6 Å². The lowest BCUT2D eigenvalue weighted by Gasteiger charge is -2.41. The molecule has 0 saturated carbocycles. The maximum atomic E-state index is 13.5. The van der Waals surface area contributed by atoms with E-state index in [0.717, 1.165) is 0 Å². The van der Waals surface area contributed by atoms with Crippen molar-refractivity contribution < 1.29 is 38.3 Å². The summed E-state index contributed by atoms with van der Waals surface area (Å²) in [6.07, 6.45) is -0.156. The summed E-state index contributed by atoms with van der Waals surface area (Å²) in [5.41, 5.74) is 0. The number of aliphatic hydroxyl groups is 1. The van der Waals surface area contributed by atoms with Gasteiger partial charge in [-0.05, 0) is 12.8 Å². The van der Waals surface area contributed by atoms with Crippen molar-refractivity contribution in [2.75, 3.05) is 40.3 Å². The van der Waals surface area contributed by atoms with Crippen molar-refractivity contribution in [1.29, 1.82) is 0 Å². The first-order chi connectivity index (χ1) is 14.7. The van der Waals surface area contributed by atoms with E-state index in [0.29, 0.717) is 39.3 Å². The number of carbonyl (C=O) groups is 1. The number of methoxy groups -OCH3 is 1. The zero-order chi connectivity index (χ0) is 23.2. The number of hydrogen-bond acceptors (Lipinski definition) is 8. The Balaban J connectivity index is 2.17. The molecule has 2 heterocycles. The molecule has 182 valence electrons. The molecule has 2 aliphatic rings. The highest BCUT2D eigenvalue weighted by molar-refractivity contribution is 5.84. The average Bonchev–Trinajstić information content (AvgIpc) is 3.47. The van der Waals surface area contributed by atoms with Gasteiger partial charge in [-0.2, -0.15) is 0 Å². The molecule has 0 bridgehead atoms. The molecule has 0 unspecified atom stereocenters. The van der Waals surface area contributed by atoms with Crippen molar-refractivity contribution in [1.82, 2.24) is 0 Å². The smallest absolute Gasteiger partial charge is 0.173 e. The summed E-state index contributed by atoms with van der Waals surface area (Å²) >= 11 is 0. The number of carbonyl (C=O) groups excluding carboxylic acids is 1. The Bertz CT molecular complexity index is 556. The van der Waals surface area contributed by atoms with Crippen molar-refractivity contribution >= 4 is 5.78 Å². The van der Waals surface area contributed by atoms with E-state index >= 15 is 0 Å². The van der Waals surface area contributed by atoms with Gasteiger partial charge in [0, 0.05) is 30.8 Å². The summed E-state index contributed by atoms with van der Waals surface area (Å²) in [7, 11) is 1.55. The third-order valence-corrected chi connectivity index (χ3v) is 7.21. The third-order valence-electron chi connectivity index (χ3n) is 7.21. The molecule has 8 heteroatoms. The summed E-state index contributed by atoms with van der Waals surface area (Å²) in [5, 5.41) is 11.1. The van der Waals surface area contributed by atoms with Gasteiger partial charge < -0.3 is 33.5 Å². The summed E-state index contributed by atoms with van der Waals surface area (Å²) in [5.74, 6) is -3.41. The van der Waals surface area contributed by atoms with Gasteiger partial charge >= 0.3 is 0 Å². The van der Waals surface area contributed by atoms with Gasteiger partial charge in [0.2, 0.25) is 0 Å². The van der Waals surface area contributed by atoms with Crippen molar-refractivity contribution in [2.45, 2.75) is 78.2 Å². The molecule has 31 heavy (non-hydrogen) atoms. The molecule has 2 saturated heterocycles. The normalized spacial score (nSPS) is 26.2. The van der Waals surface area contributed by atoms with Crippen LogP contribution >= 0.6 is 0 Å². The number of ketones is 1. The fraction of sp³-hybridized carbons (Fsp3) is 0.957. The Kier molecular flexibility index (Phi) is 9.88. The van der Waals surface area contributed by atoms with Gasteiger partial charge in [0.1, 0.15) is 12.6 Å². The predicted molar refractivity (Wildman–Crippen MR) is 114 cm³/mol. The molecule has 0 spiro atoms. The maximum absolute atomic E-state index is 13.5. The highest BCUT2D eigenvalue weighted by Crippen LogP contribution is 2.39. The molecule has 0 aliphatic carbocycles. The zero-order valence-electron chi connectivity index (χ0n) is 20.2. The Morgan fingerprint density at radius 3 is 1.74 bits per heavy atom. The SMILES string of the molecule is CCC1([C@H](C)[C@@H](O)[C@@H](C)C(=O)[C@H](C)[C@@H](OCOC)[C@H](C)C2(CC)OCCO2)OCCO1. The monoisotopic (exact) mass is 446 g/mol. The highest BCUT2D eigenvalue weighted by atomic mass is 16.7. The maximum Gasteiger partial charge on any atom is 0.173 e. The van der Waals surface area contributed by atoms with Gasteiger partial charge in [0.15, 0.2) is 11.6 Å². The molecule has 2 aliphatic heterocycles. The molecule has 0 radical (unpaired) electrons. The van der Waals surface area contributed by atoms with Gasteiger partial charge in [-0.25, -0.2) is 0 Å². The Morgan fingerprint density at radius 1 is 0.871 bits per heavy atom. The number of Topliss-reactive ketones (excluding diaryl/α,β-unsaturated/α-hetero) is 1. The van der Waals surface area contributed by atoms with Crippen LogP contribution in [0.15, 0.2) is 0 Å². The summed E-state index contributed by atoms with van der Waals surface area (Å²) in [4.78, 5) is 13.5. The van der Waals surface area contributed by atoms with E-state index in [1.807, 2.05) is 34.6 Å². The second-order valence-corrected chi connectivity index (χ2v) is 8.81. The molecule has 1 N–H and O–H groups in total. The van der Waals surface area contributed by atoms with Gasteiger partial charge in [-0.15, -0.1) is 0 Å². The Morgan fingerprint density at radius 2 is 1.32 bits per heavy atom. The lowest BCUT2D eigenvalue weighted by atomic mass is 9.77. The number of ether oxygens (including phenoxy) is 6. The fourth-order valence-electron chi connectivity index (χ4n) is 5.08. The van der Waals surface area contributed by atoms with Crippen LogP contribution in [0.5, 0.6) is 0 Å². The van der Waals surface area contributed by atoms with E-state index in [4.69, 9.17) is 28.4 Å². The lowest BCUT2D eigenvalue weighted by Crippen LogP contribution is -2.51. The van der Waals surface area contributed by atoms with Crippen molar-refractivity contribution in [3.05, 3.63) is 0 Å². The third kappa shape index (κ3) is 5.49. The van der Waals surface area contributed by atoms with Crippen LogP contribution in [0.25, 0.3) is 0 Å². The van der Waals surface area contributed by atoms with E-state index in [-0.39, 0.29) is 24.4 Å².